The average Bonchev–Trinajstić information content (AvgIpc) is 2.88. The molecule has 0 radical (unpaired) electrons. The summed E-state index contributed by atoms with van der Waals surface area (Å²) in [6.45, 7) is 1.54. The monoisotopic (exact) mass is 333 g/mol. The van der Waals surface area contributed by atoms with Crippen LogP contribution in [0.3, 0.4) is 0 Å². The molecule has 0 aliphatic heterocycles. The molecule has 2 aromatic carbocycles. The van der Waals surface area contributed by atoms with Gasteiger partial charge in [-0.3, -0.25) is 0 Å². The van der Waals surface area contributed by atoms with Crippen LogP contribution in [0.15, 0.2) is 53.3 Å². The topological polar surface area (TPSA) is 50.7 Å². The Morgan fingerprint density at radius 1 is 1.12 bits per heavy atom. The number of rotatable bonds is 3. The van der Waals surface area contributed by atoms with Crippen LogP contribution < -0.4 is 5.69 Å². The van der Waals surface area contributed by atoms with Crippen LogP contribution in [0.4, 0.5) is 13.2 Å². The van der Waals surface area contributed by atoms with Gasteiger partial charge in [-0.2, -0.15) is 18.3 Å². The van der Waals surface area contributed by atoms with Crippen molar-refractivity contribution in [1.29, 1.82) is 0 Å². The van der Waals surface area contributed by atoms with Crippen molar-refractivity contribution >= 4 is 0 Å². The summed E-state index contributed by atoms with van der Waals surface area (Å²) < 4.78 is 39.7. The number of hydrogen-bond acceptors (Lipinski definition) is 2. The third-order valence-corrected chi connectivity index (χ3v) is 3.71. The van der Waals surface area contributed by atoms with Gasteiger partial charge in [0.05, 0.1) is 11.3 Å². The van der Waals surface area contributed by atoms with Gasteiger partial charge in [-0.15, -0.1) is 0 Å². The van der Waals surface area contributed by atoms with Crippen LogP contribution in [0.1, 0.15) is 22.5 Å². The minimum Gasteiger partial charge on any atom is -0.246 e. The second kappa shape index (κ2) is 5.99. The van der Waals surface area contributed by atoms with Crippen molar-refractivity contribution in [3.63, 3.8) is 0 Å². The van der Waals surface area contributed by atoms with Gasteiger partial charge >= 0.3 is 11.9 Å². The highest BCUT2D eigenvalue weighted by molar-refractivity contribution is 5.44. The van der Waals surface area contributed by atoms with Crippen molar-refractivity contribution in [2.45, 2.75) is 19.5 Å². The van der Waals surface area contributed by atoms with Crippen molar-refractivity contribution in [2.24, 2.45) is 0 Å². The van der Waals surface area contributed by atoms with E-state index in [4.69, 9.17) is 0 Å². The fourth-order valence-electron chi connectivity index (χ4n) is 2.56. The van der Waals surface area contributed by atoms with E-state index in [1.807, 2.05) is 30.3 Å². The molecule has 0 fully saturated rings. The number of aromatic nitrogens is 3. The van der Waals surface area contributed by atoms with Crippen molar-refractivity contribution in [3.8, 4) is 5.69 Å². The summed E-state index contributed by atoms with van der Waals surface area (Å²) in [5.74, 6) is 0.439. The molecule has 24 heavy (non-hydrogen) atoms. The fraction of sp³-hybridized carbons (Fsp3) is 0.176. The quantitative estimate of drug-likeness (QED) is 0.798. The molecule has 7 heteroatoms. The molecule has 0 atom stereocenters. The molecule has 0 amide bonds. The van der Waals surface area contributed by atoms with Crippen LogP contribution in [-0.4, -0.2) is 14.8 Å². The van der Waals surface area contributed by atoms with E-state index >= 15 is 0 Å². The zero-order valence-electron chi connectivity index (χ0n) is 12.8. The molecule has 0 saturated carbocycles. The Labute approximate surface area is 135 Å². The number of H-pyrrole nitrogens is 1. The normalized spacial score (nSPS) is 11.7. The number of alkyl halides is 3. The van der Waals surface area contributed by atoms with Gasteiger partial charge in [0.25, 0.3) is 0 Å². The first kappa shape index (κ1) is 16.0. The van der Waals surface area contributed by atoms with Crippen LogP contribution in [0.25, 0.3) is 5.69 Å². The van der Waals surface area contributed by atoms with E-state index in [0.29, 0.717) is 23.5 Å². The van der Waals surface area contributed by atoms with E-state index in [-0.39, 0.29) is 0 Å². The molecule has 0 aliphatic carbocycles. The predicted octanol–water partition coefficient (Wildman–Crippen LogP) is 3.48. The van der Waals surface area contributed by atoms with Crippen molar-refractivity contribution < 1.29 is 13.2 Å². The Bertz CT molecular complexity index is 911. The molecule has 0 aliphatic rings. The maximum atomic E-state index is 12.8. The first-order chi connectivity index (χ1) is 11.4. The third kappa shape index (κ3) is 3.10. The Hall–Kier alpha value is -2.83. The lowest BCUT2D eigenvalue weighted by molar-refractivity contribution is -0.137. The van der Waals surface area contributed by atoms with Gasteiger partial charge in [0.1, 0.15) is 5.82 Å². The molecular weight excluding hydrogens is 319 g/mol. The molecule has 1 N–H and O–H groups in total. The van der Waals surface area contributed by atoms with Crippen LogP contribution in [0.2, 0.25) is 0 Å². The van der Waals surface area contributed by atoms with E-state index in [0.717, 1.165) is 17.7 Å². The highest BCUT2D eigenvalue weighted by Crippen LogP contribution is 2.31. The molecule has 0 unspecified atom stereocenters. The number of nitrogens with zero attached hydrogens (tertiary/aromatic N) is 2. The summed E-state index contributed by atoms with van der Waals surface area (Å²) >= 11 is 0. The fourth-order valence-corrected chi connectivity index (χ4v) is 2.56. The molecular formula is C17H14F3N3O. The van der Waals surface area contributed by atoms with Gasteiger partial charge in [-0.05, 0) is 36.2 Å². The number of halogens is 3. The lowest BCUT2D eigenvalue weighted by Crippen LogP contribution is -2.18. The van der Waals surface area contributed by atoms with E-state index in [9.17, 15) is 18.0 Å². The van der Waals surface area contributed by atoms with Crippen LogP contribution in [-0.2, 0) is 12.6 Å². The van der Waals surface area contributed by atoms with Crippen molar-refractivity contribution in [2.75, 3.05) is 0 Å². The summed E-state index contributed by atoms with van der Waals surface area (Å²) in [6.07, 6.45) is -4.03. The van der Waals surface area contributed by atoms with Crippen LogP contribution >= 0.6 is 0 Å². The second-order valence-corrected chi connectivity index (χ2v) is 5.44. The molecule has 1 aromatic heterocycles. The largest absolute Gasteiger partial charge is 0.416 e. The Balaban J connectivity index is 2.04. The molecule has 124 valence electrons. The summed E-state index contributed by atoms with van der Waals surface area (Å²) in [7, 11) is 0. The van der Waals surface area contributed by atoms with Gasteiger partial charge < -0.3 is 0 Å². The molecule has 3 aromatic rings. The van der Waals surface area contributed by atoms with Gasteiger partial charge in [0, 0.05) is 6.42 Å². The number of hydrogen-bond donors (Lipinski definition) is 1. The van der Waals surface area contributed by atoms with Gasteiger partial charge in [-0.1, -0.05) is 30.3 Å². The maximum absolute atomic E-state index is 12.8. The van der Waals surface area contributed by atoms with Gasteiger partial charge in [0.2, 0.25) is 0 Å². The molecule has 1 heterocycles. The molecule has 4 nitrogen and oxygen atoms in total. The van der Waals surface area contributed by atoms with Crippen LogP contribution in [0.5, 0.6) is 0 Å². The minimum atomic E-state index is -4.42. The number of nitrogens with one attached hydrogen (secondary N) is 1. The average molecular weight is 333 g/mol. The number of aromatic amines is 1. The zero-order chi connectivity index (χ0) is 17.3. The SMILES string of the molecule is Cc1cc(C(F)(F)F)ccc1-n1c(Cc2ccccc2)n[nH]c1=O. The molecule has 0 bridgehead atoms. The molecule has 0 saturated heterocycles. The summed E-state index contributed by atoms with van der Waals surface area (Å²) in [4.78, 5) is 12.1. The second-order valence-electron chi connectivity index (χ2n) is 5.44. The summed E-state index contributed by atoms with van der Waals surface area (Å²) in [5, 5.41) is 6.37. The van der Waals surface area contributed by atoms with Crippen LogP contribution in [0, 0.1) is 6.92 Å². The van der Waals surface area contributed by atoms with E-state index < -0.39 is 17.4 Å². The lowest BCUT2D eigenvalue weighted by atomic mass is 10.1. The standard InChI is InChI=1S/C17H14F3N3O/c1-11-9-13(17(18,19)20)7-8-14(11)23-15(21-22-16(23)24)10-12-5-3-2-4-6-12/h2-9H,10H2,1H3,(H,22,24). The molecule has 0 spiro atoms. The number of benzene rings is 2. The third-order valence-electron chi connectivity index (χ3n) is 3.71. The smallest absolute Gasteiger partial charge is 0.246 e. The zero-order valence-corrected chi connectivity index (χ0v) is 12.8. The minimum absolute atomic E-state index is 0.350. The van der Waals surface area contributed by atoms with E-state index in [1.54, 1.807) is 0 Å². The summed E-state index contributed by atoms with van der Waals surface area (Å²) in [6, 6.07) is 12.7. The van der Waals surface area contributed by atoms with Gasteiger partial charge in [-0.25, -0.2) is 14.5 Å². The summed E-state index contributed by atoms with van der Waals surface area (Å²) in [5.41, 5.74) is 0.450. The van der Waals surface area contributed by atoms with Crippen molar-refractivity contribution in [3.05, 3.63) is 81.5 Å². The van der Waals surface area contributed by atoms with E-state index in [1.165, 1.54) is 17.6 Å². The maximum Gasteiger partial charge on any atom is 0.416 e. The van der Waals surface area contributed by atoms with E-state index in [2.05, 4.69) is 10.2 Å². The van der Waals surface area contributed by atoms with Crippen molar-refractivity contribution in [1.82, 2.24) is 14.8 Å². The Kier molecular flexibility index (Phi) is 4.01. The highest BCUT2D eigenvalue weighted by Gasteiger charge is 2.31. The Morgan fingerprint density at radius 3 is 2.46 bits per heavy atom. The predicted molar refractivity (Wildman–Crippen MR) is 83.2 cm³/mol. The highest BCUT2D eigenvalue weighted by atomic mass is 19.4. The first-order valence-corrected chi connectivity index (χ1v) is 7.24. The lowest BCUT2D eigenvalue weighted by Gasteiger charge is -2.12. The number of aryl methyl sites for hydroxylation is 1. The van der Waals surface area contributed by atoms with Gasteiger partial charge in [0.15, 0.2) is 0 Å². The first-order valence-electron chi connectivity index (χ1n) is 7.24. The molecule has 3 rings (SSSR count). The Morgan fingerprint density at radius 2 is 1.83 bits per heavy atom.